The lowest BCUT2D eigenvalue weighted by atomic mass is 9.98. The maximum Gasteiger partial charge on any atom is 0.416 e. The summed E-state index contributed by atoms with van der Waals surface area (Å²) >= 11 is 2.94. The molecule has 0 spiro atoms. The highest BCUT2D eigenvalue weighted by Crippen LogP contribution is 2.37. The molecule has 5 nitrogen and oxygen atoms in total. The molecule has 0 aliphatic carbocycles. The van der Waals surface area contributed by atoms with Gasteiger partial charge in [0.25, 0.3) is 0 Å². The number of carbonyl (C=O) groups excluding carboxylic acids is 1. The van der Waals surface area contributed by atoms with E-state index in [0.29, 0.717) is 0 Å². The van der Waals surface area contributed by atoms with Crippen molar-refractivity contribution in [1.29, 1.82) is 0 Å². The van der Waals surface area contributed by atoms with Crippen molar-refractivity contribution in [3.63, 3.8) is 0 Å². The molecule has 0 bridgehead atoms. The molecule has 2 atom stereocenters. The predicted octanol–water partition coefficient (Wildman–Crippen LogP) is 3.79. The highest BCUT2D eigenvalue weighted by molar-refractivity contribution is 9.10. The third-order valence-corrected chi connectivity index (χ3v) is 4.17. The molecule has 2 unspecified atom stereocenters. The van der Waals surface area contributed by atoms with E-state index in [4.69, 9.17) is 4.74 Å². The van der Waals surface area contributed by atoms with Crippen LogP contribution in [-0.4, -0.2) is 29.0 Å². The van der Waals surface area contributed by atoms with Crippen molar-refractivity contribution in [3.05, 3.63) is 69.7 Å². The first-order valence-corrected chi connectivity index (χ1v) is 8.65. The lowest BCUT2D eigenvalue weighted by Gasteiger charge is -2.22. The van der Waals surface area contributed by atoms with Crippen molar-refractivity contribution in [1.82, 2.24) is 5.32 Å². The number of ether oxygens (including phenoxy) is 1. The fourth-order valence-electron chi connectivity index (χ4n) is 2.31. The Kier molecular flexibility index (Phi) is 7.23. The van der Waals surface area contributed by atoms with E-state index in [1.807, 2.05) is 0 Å². The van der Waals surface area contributed by atoms with Crippen LogP contribution in [0.25, 0.3) is 0 Å². The first-order valence-electron chi connectivity index (χ1n) is 7.86. The van der Waals surface area contributed by atoms with E-state index in [9.17, 15) is 28.2 Å². The zero-order valence-electron chi connectivity index (χ0n) is 13.9. The maximum atomic E-state index is 13.1. The van der Waals surface area contributed by atoms with Gasteiger partial charge in [0.15, 0.2) is 0 Å². The Morgan fingerprint density at radius 3 is 2.44 bits per heavy atom. The van der Waals surface area contributed by atoms with Crippen LogP contribution in [-0.2, 0) is 17.5 Å². The van der Waals surface area contributed by atoms with Crippen LogP contribution in [0.2, 0.25) is 0 Å². The van der Waals surface area contributed by atoms with E-state index in [1.54, 1.807) is 30.3 Å². The van der Waals surface area contributed by atoms with Crippen LogP contribution in [0.3, 0.4) is 0 Å². The van der Waals surface area contributed by atoms with E-state index in [-0.39, 0.29) is 11.1 Å². The van der Waals surface area contributed by atoms with Gasteiger partial charge in [0, 0.05) is 11.0 Å². The molecular formula is C18H17BrF3NO4. The number of alkyl halides is 3. The van der Waals surface area contributed by atoms with Crippen LogP contribution in [0, 0.1) is 0 Å². The number of amides is 1. The summed E-state index contributed by atoms with van der Waals surface area (Å²) in [5, 5.41) is 22.3. The topological polar surface area (TPSA) is 78.8 Å². The number of aliphatic hydroxyl groups excluding tert-OH is 2. The molecule has 0 heterocycles. The summed E-state index contributed by atoms with van der Waals surface area (Å²) in [6, 6.07) is 12.0. The number of hydrogen-bond donors (Lipinski definition) is 3. The largest absolute Gasteiger partial charge is 0.445 e. The Morgan fingerprint density at radius 2 is 1.81 bits per heavy atom. The Morgan fingerprint density at radius 1 is 1.15 bits per heavy atom. The zero-order valence-corrected chi connectivity index (χ0v) is 15.5. The van der Waals surface area contributed by atoms with Gasteiger partial charge in [-0.25, -0.2) is 4.79 Å². The first-order chi connectivity index (χ1) is 12.7. The molecule has 0 saturated carbocycles. The van der Waals surface area contributed by atoms with Crippen LogP contribution in [0.15, 0.2) is 53.0 Å². The Hall–Kier alpha value is -2.10. The van der Waals surface area contributed by atoms with Crippen LogP contribution >= 0.6 is 15.9 Å². The van der Waals surface area contributed by atoms with Crippen LogP contribution in [0.5, 0.6) is 0 Å². The molecular weight excluding hydrogens is 431 g/mol. The van der Waals surface area contributed by atoms with Gasteiger partial charge in [0.2, 0.25) is 0 Å². The Bertz CT molecular complexity index is 771. The van der Waals surface area contributed by atoms with Gasteiger partial charge in [0.05, 0.1) is 5.56 Å². The number of rotatable bonds is 6. The molecule has 0 saturated heterocycles. The number of hydrogen-bond acceptors (Lipinski definition) is 4. The Balaban J connectivity index is 1.94. The minimum Gasteiger partial charge on any atom is -0.445 e. The van der Waals surface area contributed by atoms with Gasteiger partial charge in [-0.15, -0.1) is 0 Å². The van der Waals surface area contributed by atoms with Crippen LogP contribution < -0.4 is 5.32 Å². The predicted molar refractivity (Wildman–Crippen MR) is 94.7 cm³/mol. The third-order valence-electron chi connectivity index (χ3n) is 3.67. The summed E-state index contributed by atoms with van der Waals surface area (Å²) in [6.45, 7) is -0.488. The maximum absolute atomic E-state index is 13.1. The average molecular weight is 448 g/mol. The number of carbonyl (C=O) groups is 1. The summed E-state index contributed by atoms with van der Waals surface area (Å²) in [5.41, 5.74) is -0.814. The second-order valence-electron chi connectivity index (χ2n) is 5.68. The molecule has 0 radical (unpaired) electrons. The van der Waals surface area contributed by atoms with Gasteiger partial charge >= 0.3 is 12.3 Å². The highest BCUT2D eigenvalue weighted by atomic mass is 79.9. The normalized spacial score (nSPS) is 13.7. The zero-order chi connectivity index (χ0) is 20.0. The van der Waals surface area contributed by atoms with Gasteiger partial charge < -0.3 is 20.3 Å². The second kappa shape index (κ2) is 9.20. The van der Waals surface area contributed by atoms with Crippen molar-refractivity contribution < 1.29 is 32.9 Å². The minimum atomic E-state index is -4.71. The number of aliphatic hydroxyl groups is 2. The van der Waals surface area contributed by atoms with Crippen molar-refractivity contribution in [2.75, 3.05) is 6.54 Å². The summed E-state index contributed by atoms with van der Waals surface area (Å²) in [7, 11) is 0. The van der Waals surface area contributed by atoms with Gasteiger partial charge in [-0.05, 0) is 23.3 Å². The lowest BCUT2D eigenvalue weighted by molar-refractivity contribution is -0.140. The molecule has 1 amide bonds. The molecule has 3 N–H and O–H groups in total. The first kappa shape index (κ1) is 21.2. The van der Waals surface area contributed by atoms with E-state index < -0.39 is 42.1 Å². The number of benzene rings is 2. The Labute approximate surface area is 161 Å². The number of nitrogens with one attached hydrogen (secondary N) is 1. The lowest BCUT2D eigenvalue weighted by Crippen LogP contribution is -2.36. The molecule has 27 heavy (non-hydrogen) atoms. The molecule has 9 heteroatoms. The number of alkyl carbamates (subject to hydrolysis) is 1. The second-order valence-corrected chi connectivity index (χ2v) is 6.60. The molecule has 146 valence electrons. The minimum absolute atomic E-state index is 0.00371. The fraction of sp³-hybridized carbons (Fsp3) is 0.278. The molecule has 2 aromatic rings. The SMILES string of the molecule is O=C(NCC(O)C(O)c1ccc(Br)cc1C(F)(F)F)OCc1ccccc1. The molecule has 0 aromatic heterocycles. The van der Waals surface area contributed by atoms with Gasteiger partial charge in [-0.2, -0.15) is 13.2 Å². The van der Waals surface area contributed by atoms with Crippen molar-refractivity contribution >= 4 is 22.0 Å². The fourth-order valence-corrected chi connectivity index (χ4v) is 2.67. The number of halogens is 4. The van der Waals surface area contributed by atoms with Crippen LogP contribution in [0.4, 0.5) is 18.0 Å². The molecule has 2 aromatic carbocycles. The monoisotopic (exact) mass is 447 g/mol. The summed E-state index contributed by atoms with van der Waals surface area (Å²) < 4.78 is 44.5. The molecule has 0 fully saturated rings. The van der Waals surface area contributed by atoms with E-state index in [1.165, 1.54) is 6.07 Å². The van der Waals surface area contributed by atoms with Gasteiger partial charge in [-0.3, -0.25) is 0 Å². The van der Waals surface area contributed by atoms with E-state index >= 15 is 0 Å². The smallest absolute Gasteiger partial charge is 0.416 e. The van der Waals surface area contributed by atoms with E-state index in [2.05, 4.69) is 21.2 Å². The van der Waals surface area contributed by atoms with Crippen molar-refractivity contribution in [2.45, 2.75) is 25.0 Å². The summed E-state index contributed by atoms with van der Waals surface area (Å²) in [5.74, 6) is 0. The quantitative estimate of drug-likeness (QED) is 0.629. The summed E-state index contributed by atoms with van der Waals surface area (Å²) in [4.78, 5) is 11.6. The third kappa shape index (κ3) is 6.23. The standard InChI is InChI=1S/C18H17BrF3NO4/c19-12-6-7-13(14(8-12)18(20,21)22)16(25)15(24)9-23-17(26)27-10-11-4-2-1-3-5-11/h1-8,15-16,24-25H,9-10H2,(H,23,26). The van der Waals surface area contributed by atoms with Crippen molar-refractivity contribution in [3.8, 4) is 0 Å². The van der Waals surface area contributed by atoms with E-state index in [0.717, 1.165) is 17.7 Å². The van der Waals surface area contributed by atoms with Crippen LogP contribution in [0.1, 0.15) is 22.8 Å². The van der Waals surface area contributed by atoms with Gasteiger partial charge in [-0.1, -0.05) is 52.3 Å². The highest BCUT2D eigenvalue weighted by Gasteiger charge is 2.36. The van der Waals surface area contributed by atoms with Gasteiger partial charge in [0.1, 0.15) is 18.8 Å². The molecule has 2 rings (SSSR count). The van der Waals surface area contributed by atoms with Crippen molar-refractivity contribution in [2.24, 2.45) is 0 Å². The summed E-state index contributed by atoms with van der Waals surface area (Å²) in [6.07, 6.45) is -9.07. The molecule has 0 aliphatic rings. The average Bonchev–Trinajstić information content (AvgIpc) is 2.64. The molecule has 0 aliphatic heterocycles.